The average molecular weight is 363 g/mol. The fourth-order valence-electron chi connectivity index (χ4n) is 3.32. The summed E-state index contributed by atoms with van der Waals surface area (Å²) in [6.45, 7) is 9.34. The smallest absolute Gasteiger partial charge is 0.251 e. The first kappa shape index (κ1) is 22.1. The first-order valence-corrected chi connectivity index (χ1v) is 9.60. The summed E-state index contributed by atoms with van der Waals surface area (Å²) in [5.41, 5.74) is 0. The lowest BCUT2D eigenvalue weighted by Crippen LogP contribution is -2.49. The van der Waals surface area contributed by atoms with E-state index in [1.165, 1.54) is 0 Å². The number of aliphatic hydroxyl groups excluding tert-OH is 1. The predicted octanol–water partition coefficient (Wildman–Crippen LogP) is 2.32. The highest BCUT2D eigenvalue weighted by Crippen LogP contribution is 2.16. The number of nitrogens with one attached hydrogen (secondary N) is 2. The van der Waals surface area contributed by atoms with Gasteiger partial charge < -0.3 is 15.7 Å². The number of hydrogen-bond acceptors (Lipinski definition) is 3. The van der Waals surface area contributed by atoms with Crippen molar-refractivity contribution in [2.75, 3.05) is 39.3 Å². The predicted molar refractivity (Wildman–Crippen MR) is 99.2 cm³/mol. The molecule has 1 atom stereocenters. The summed E-state index contributed by atoms with van der Waals surface area (Å²) in [4.78, 5) is 6.52. The van der Waals surface area contributed by atoms with Crippen molar-refractivity contribution in [3.8, 4) is 0 Å². The van der Waals surface area contributed by atoms with Gasteiger partial charge in [-0.2, -0.15) is 0 Å². The Labute approximate surface area is 151 Å². The molecule has 0 spiro atoms. The zero-order chi connectivity index (χ0) is 18.7. The van der Waals surface area contributed by atoms with Crippen molar-refractivity contribution in [3.63, 3.8) is 0 Å². The van der Waals surface area contributed by atoms with Crippen LogP contribution in [0.2, 0.25) is 0 Å². The molecule has 3 N–H and O–H groups in total. The van der Waals surface area contributed by atoms with E-state index in [0.29, 0.717) is 31.5 Å². The van der Waals surface area contributed by atoms with Crippen LogP contribution in [0.1, 0.15) is 46.5 Å². The molecule has 0 aromatic heterocycles. The Bertz CT molecular complexity index is 372. The van der Waals surface area contributed by atoms with Gasteiger partial charge in [0.05, 0.1) is 6.54 Å². The van der Waals surface area contributed by atoms with E-state index < -0.39 is 6.43 Å². The minimum absolute atomic E-state index is 0.126. The lowest BCUT2D eigenvalue weighted by Gasteiger charge is -2.32. The second-order valence-corrected chi connectivity index (χ2v) is 7.34. The fourth-order valence-corrected chi connectivity index (χ4v) is 3.32. The molecule has 0 radical (unpaired) electrons. The minimum Gasteiger partial charge on any atom is -0.396 e. The highest BCUT2D eigenvalue weighted by Gasteiger charge is 2.22. The van der Waals surface area contributed by atoms with Crippen LogP contribution in [0.3, 0.4) is 0 Å². The van der Waals surface area contributed by atoms with Crippen molar-refractivity contribution >= 4 is 5.96 Å². The van der Waals surface area contributed by atoms with Crippen molar-refractivity contribution in [1.82, 2.24) is 15.5 Å². The third-order valence-electron chi connectivity index (χ3n) is 4.52. The maximum atomic E-state index is 12.5. The van der Waals surface area contributed by atoms with Crippen LogP contribution < -0.4 is 10.6 Å². The summed E-state index contributed by atoms with van der Waals surface area (Å²) in [6, 6.07) is 0.271. The first-order chi connectivity index (χ1) is 11.9. The molecule has 0 aromatic rings. The van der Waals surface area contributed by atoms with Crippen molar-refractivity contribution in [2.45, 2.75) is 58.9 Å². The van der Waals surface area contributed by atoms with Crippen molar-refractivity contribution in [3.05, 3.63) is 0 Å². The van der Waals surface area contributed by atoms with Gasteiger partial charge in [-0.3, -0.25) is 9.89 Å². The largest absolute Gasteiger partial charge is 0.396 e. The van der Waals surface area contributed by atoms with E-state index in [1.54, 1.807) is 0 Å². The molecule has 1 rings (SSSR count). The van der Waals surface area contributed by atoms with Gasteiger partial charge >= 0.3 is 0 Å². The van der Waals surface area contributed by atoms with Gasteiger partial charge in [-0.1, -0.05) is 13.8 Å². The Morgan fingerprint density at radius 1 is 1.28 bits per heavy atom. The molecule has 1 unspecified atom stereocenters. The SMILES string of the molecule is CCNC(=NCC(CCO)CC(C)C)NC1CCN(CC(F)F)CC1. The number of nitrogens with zero attached hydrogens (tertiary/aromatic N) is 2. The van der Waals surface area contributed by atoms with Crippen LogP contribution in [0.15, 0.2) is 4.99 Å². The fraction of sp³-hybridized carbons (Fsp3) is 0.944. The van der Waals surface area contributed by atoms with Crippen LogP contribution in [-0.2, 0) is 0 Å². The van der Waals surface area contributed by atoms with E-state index in [1.807, 2.05) is 11.8 Å². The quantitative estimate of drug-likeness (QED) is 0.412. The number of aliphatic hydroxyl groups is 1. The molecular formula is C18H36F2N4O. The number of rotatable bonds is 10. The second-order valence-electron chi connectivity index (χ2n) is 7.34. The second kappa shape index (κ2) is 12.4. The van der Waals surface area contributed by atoms with Crippen LogP contribution in [-0.4, -0.2) is 67.8 Å². The molecule has 1 aliphatic rings. The molecule has 148 valence electrons. The molecule has 1 fully saturated rings. The Balaban J connectivity index is 2.49. The van der Waals surface area contributed by atoms with Crippen LogP contribution in [0.4, 0.5) is 8.78 Å². The van der Waals surface area contributed by atoms with Crippen molar-refractivity contribution in [1.29, 1.82) is 0 Å². The Morgan fingerprint density at radius 3 is 2.48 bits per heavy atom. The molecule has 25 heavy (non-hydrogen) atoms. The minimum atomic E-state index is -2.26. The molecule has 0 saturated carbocycles. The van der Waals surface area contributed by atoms with Crippen LogP contribution in [0.5, 0.6) is 0 Å². The molecule has 7 heteroatoms. The summed E-state index contributed by atoms with van der Waals surface area (Å²) < 4.78 is 24.9. The van der Waals surface area contributed by atoms with Crippen LogP contribution >= 0.6 is 0 Å². The van der Waals surface area contributed by atoms with Gasteiger partial charge in [-0.25, -0.2) is 8.78 Å². The van der Waals surface area contributed by atoms with Gasteiger partial charge in [0, 0.05) is 38.8 Å². The van der Waals surface area contributed by atoms with E-state index in [2.05, 4.69) is 24.5 Å². The lowest BCUT2D eigenvalue weighted by molar-refractivity contribution is 0.0744. The van der Waals surface area contributed by atoms with Gasteiger partial charge in [-0.15, -0.1) is 0 Å². The molecule has 0 aliphatic carbocycles. The molecular weight excluding hydrogens is 326 g/mol. The number of alkyl halides is 2. The summed E-state index contributed by atoms with van der Waals surface area (Å²) in [5.74, 6) is 1.76. The molecule has 5 nitrogen and oxygen atoms in total. The monoisotopic (exact) mass is 362 g/mol. The summed E-state index contributed by atoms with van der Waals surface area (Å²) >= 11 is 0. The van der Waals surface area contributed by atoms with E-state index in [0.717, 1.165) is 38.2 Å². The molecule has 1 heterocycles. The number of guanidine groups is 1. The first-order valence-electron chi connectivity index (χ1n) is 9.60. The third kappa shape index (κ3) is 9.94. The van der Waals surface area contributed by atoms with Gasteiger partial charge in [0.25, 0.3) is 6.43 Å². The third-order valence-corrected chi connectivity index (χ3v) is 4.52. The number of piperidine rings is 1. The Kier molecular flexibility index (Phi) is 11.0. The zero-order valence-electron chi connectivity index (χ0n) is 16.0. The summed E-state index contributed by atoms with van der Waals surface area (Å²) in [5, 5.41) is 15.9. The maximum absolute atomic E-state index is 12.5. The van der Waals surface area contributed by atoms with Gasteiger partial charge in [0.15, 0.2) is 5.96 Å². The van der Waals surface area contributed by atoms with Gasteiger partial charge in [0.2, 0.25) is 0 Å². The maximum Gasteiger partial charge on any atom is 0.251 e. The highest BCUT2D eigenvalue weighted by molar-refractivity contribution is 5.80. The molecule has 1 saturated heterocycles. The van der Waals surface area contributed by atoms with Gasteiger partial charge in [-0.05, 0) is 44.4 Å². The number of aliphatic imine (C=N–C) groups is 1. The van der Waals surface area contributed by atoms with Gasteiger partial charge in [0.1, 0.15) is 0 Å². The molecule has 0 amide bonds. The van der Waals surface area contributed by atoms with E-state index >= 15 is 0 Å². The molecule has 0 bridgehead atoms. The number of likely N-dealkylation sites (tertiary alicyclic amines) is 1. The van der Waals surface area contributed by atoms with E-state index in [4.69, 9.17) is 4.99 Å². The topological polar surface area (TPSA) is 59.9 Å². The number of hydrogen-bond donors (Lipinski definition) is 3. The summed E-state index contributed by atoms with van der Waals surface area (Å²) in [7, 11) is 0. The Morgan fingerprint density at radius 2 is 1.96 bits per heavy atom. The number of halogens is 2. The van der Waals surface area contributed by atoms with E-state index in [-0.39, 0.29) is 19.2 Å². The zero-order valence-corrected chi connectivity index (χ0v) is 16.0. The normalized spacial score (nSPS) is 18.8. The van der Waals surface area contributed by atoms with Crippen molar-refractivity contribution < 1.29 is 13.9 Å². The van der Waals surface area contributed by atoms with Crippen LogP contribution in [0.25, 0.3) is 0 Å². The van der Waals surface area contributed by atoms with Crippen LogP contribution in [0, 0.1) is 11.8 Å². The van der Waals surface area contributed by atoms with Crippen molar-refractivity contribution in [2.24, 2.45) is 16.8 Å². The lowest BCUT2D eigenvalue weighted by atomic mass is 9.94. The van der Waals surface area contributed by atoms with E-state index in [9.17, 15) is 13.9 Å². The Hall–Kier alpha value is -0.950. The molecule has 1 aliphatic heterocycles. The summed E-state index contributed by atoms with van der Waals surface area (Å²) in [6.07, 6.45) is 1.27. The standard InChI is InChI=1S/C18H36F2N4O/c1-4-21-18(22-12-15(7-10-25)11-14(2)3)23-16-5-8-24(9-6-16)13-17(19)20/h14-17,25H,4-13H2,1-3H3,(H2,21,22,23). The average Bonchev–Trinajstić information content (AvgIpc) is 2.53. The molecule has 0 aromatic carbocycles. The highest BCUT2D eigenvalue weighted by atomic mass is 19.3.